The van der Waals surface area contributed by atoms with Gasteiger partial charge in [-0.3, -0.25) is 0 Å². The van der Waals surface area contributed by atoms with Crippen LogP contribution in [0.5, 0.6) is 0 Å². The average molecular weight is 723 g/mol. The van der Waals surface area contributed by atoms with Gasteiger partial charge in [0.15, 0.2) is 0 Å². The van der Waals surface area contributed by atoms with E-state index in [-0.39, 0.29) is 10.8 Å². The predicted molar refractivity (Wildman–Crippen MR) is 234 cm³/mol. The Morgan fingerprint density at radius 3 is 2.00 bits per heavy atom. The molecule has 0 bridgehead atoms. The lowest BCUT2D eigenvalue weighted by atomic mass is 9.65. The lowest BCUT2D eigenvalue weighted by Gasteiger charge is -2.42. The molecule has 0 atom stereocenters. The van der Waals surface area contributed by atoms with Crippen molar-refractivity contribution >= 4 is 39.1 Å². The molecule has 0 aromatic heterocycles. The first-order valence-electron chi connectivity index (χ1n) is 20.7. The molecule has 2 aliphatic heterocycles. The second-order valence-electron chi connectivity index (χ2n) is 17.9. The van der Waals surface area contributed by atoms with Gasteiger partial charge in [-0.05, 0) is 158 Å². The molecule has 6 aliphatic rings. The minimum Gasteiger partial charge on any atom is -0.314 e. The number of allylic oxidation sites excluding steroid dienone is 7. The zero-order valence-corrected chi connectivity index (χ0v) is 32.8. The molecule has 0 saturated carbocycles. The molecule has 2 heteroatoms. The molecule has 12 rings (SSSR count). The number of fused-ring (bicyclic) bond motifs is 8. The summed E-state index contributed by atoms with van der Waals surface area (Å²) in [5, 5.41) is 2.87. The second kappa shape index (κ2) is 11.4. The normalized spacial score (nSPS) is 19.1. The number of rotatable bonds is 2. The Morgan fingerprint density at radius 2 is 1.25 bits per heavy atom. The molecule has 6 aromatic rings. The van der Waals surface area contributed by atoms with E-state index in [1.54, 1.807) is 5.57 Å². The van der Waals surface area contributed by atoms with Crippen LogP contribution in [0.1, 0.15) is 92.3 Å². The van der Waals surface area contributed by atoms with Gasteiger partial charge < -0.3 is 9.80 Å². The molecule has 0 saturated heterocycles. The maximum Gasteiger partial charge on any atom is 0.0496 e. The topological polar surface area (TPSA) is 6.48 Å². The first-order chi connectivity index (χ1) is 27.3. The number of anilines is 4. The second-order valence-corrected chi connectivity index (χ2v) is 17.9. The fourth-order valence-corrected chi connectivity index (χ4v) is 11.5. The van der Waals surface area contributed by atoms with E-state index in [9.17, 15) is 0 Å². The molecule has 2 nitrogen and oxygen atoms in total. The molecule has 2 heterocycles. The van der Waals surface area contributed by atoms with Gasteiger partial charge in [0.25, 0.3) is 0 Å². The highest BCUT2D eigenvalue weighted by molar-refractivity contribution is 6.11. The quantitative estimate of drug-likeness (QED) is 0.176. The van der Waals surface area contributed by atoms with Gasteiger partial charge in [0.05, 0.1) is 0 Å². The van der Waals surface area contributed by atoms with Crippen molar-refractivity contribution in [2.24, 2.45) is 0 Å². The van der Waals surface area contributed by atoms with Gasteiger partial charge in [-0.15, -0.1) is 0 Å². The van der Waals surface area contributed by atoms with Crippen LogP contribution in [0.2, 0.25) is 0 Å². The maximum atomic E-state index is 2.62. The largest absolute Gasteiger partial charge is 0.314 e. The fraction of sp³-hybridized carbons (Fsp3) is 0.222. The van der Waals surface area contributed by atoms with E-state index in [1.807, 2.05) is 0 Å². The Hall–Kier alpha value is -5.86. The van der Waals surface area contributed by atoms with Gasteiger partial charge in [-0.2, -0.15) is 0 Å². The first-order valence-corrected chi connectivity index (χ1v) is 20.7. The van der Waals surface area contributed by atoms with Crippen molar-refractivity contribution in [1.29, 1.82) is 0 Å². The molecule has 56 heavy (non-hydrogen) atoms. The average Bonchev–Trinajstić information content (AvgIpc) is 3.45. The van der Waals surface area contributed by atoms with Crippen molar-refractivity contribution in [2.45, 2.75) is 77.0 Å². The summed E-state index contributed by atoms with van der Waals surface area (Å²) in [6, 6.07) is 44.2. The Balaban J connectivity index is 1.03. The van der Waals surface area contributed by atoms with Crippen LogP contribution in [0.4, 0.5) is 22.7 Å². The zero-order valence-electron chi connectivity index (χ0n) is 32.8. The van der Waals surface area contributed by atoms with Crippen LogP contribution in [0.15, 0.2) is 156 Å². The van der Waals surface area contributed by atoms with E-state index >= 15 is 0 Å². The van der Waals surface area contributed by atoms with E-state index in [0.29, 0.717) is 0 Å². The third-order valence-electron chi connectivity index (χ3n) is 14.2. The zero-order chi connectivity index (χ0) is 37.5. The summed E-state index contributed by atoms with van der Waals surface area (Å²) in [5.74, 6) is 0. The summed E-state index contributed by atoms with van der Waals surface area (Å²) in [4.78, 5) is 5.12. The van der Waals surface area contributed by atoms with E-state index in [0.717, 1.165) is 38.5 Å². The molecule has 0 radical (unpaired) electrons. The van der Waals surface area contributed by atoms with E-state index in [4.69, 9.17) is 0 Å². The Labute approximate surface area is 330 Å². The number of hydrogen-bond acceptors (Lipinski definition) is 2. The summed E-state index contributed by atoms with van der Waals surface area (Å²) < 4.78 is 0. The highest BCUT2D eigenvalue weighted by atomic mass is 15.2. The molecule has 4 aliphatic carbocycles. The predicted octanol–water partition coefficient (Wildman–Crippen LogP) is 13.9. The van der Waals surface area contributed by atoms with Crippen molar-refractivity contribution in [3.8, 4) is 11.1 Å². The van der Waals surface area contributed by atoms with Crippen LogP contribution in [-0.4, -0.2) is 0 Å². The fourth-order valence-electron chi connectivity index (χ4n) is 11.5. The summed E-state index contributed by atoms with van der Waals surface area (Å²) in [6.07, 6.45) is 13.7. The number of nitrogens with zero attached hydrogens (tertiary/aromatic N) is 2. The summed E-state index contributed by atoms with van der Waals surface area (Å²) >= 11 is 0. The standard InChI is InChI=1S/C54H46N2/c1-53(2)43-19-13-18-41-51-40-27-25-38(56-49-22-11-7-16-35(49)29-36-17-8-12-23-50(36)56)31-45(40)54(3,4)46(51)32-42(52(41)43)39-26-24-37(30-44(39)53)55-47-20-9-5-14-33(47)28-34-15-6-10-21-48(34)55/h5-7,9-16,18-23,25,27,30-32H,8,17,24,26,28-29H2,1-4H3. The van der Waals surface area contributed by atoms with Gasteiger partial charge in [-0.1, -0.05) is 113 Å². The highest BCUT2D eigenvalue weighted by Crippen LogP contribution is 2.59. The molecule has 0 fully saturated rings. The lowest BCUT2D eigenvalue weighted by molar-refractivity contribution is 0.631. The van der Waals surface area contributed by atoms with Crippen LogP contribution in [0.3, 0.4) is 0 Å². The third kappa shape index (κ3) is 4.28. The van der Waals surface area contributed by atoms with E-state index in [2.05, 4.69) is 171 Å². The monoisotopic (exact) mass is 722 g/mol. The molecular formula is C54H46N2. The van der Waals surface area contributed by atoms with Gasteiger partial charge in [0.1, 0.15) is 0 Å². The summed E-state index contributed by atoms with van der Waals surface area (Å²) in [5.41, 5.74) is 25.1. The molecule has 6 aromatic carbocycles. The van der Waals surface area contributed by atoms with Crippen molar-refractivity contribution in [2.75, 3.05) is 9.80 Å². The van der Waals surface area contributed by atoms with Crippen molar-refractivity contribution < 1.29 is 0 Å². The van der Waals surface area contributed by atoms with Gasteiger partial charge in [0.2, 0.25) is 0 Å². The molecule has 0 unspecified atom stereocenters. The molecule has 0 amide bonds. The number of benzene rings is 6. The van der Waals surface area contributed by atoms with Crippen molar-refractivity contribution in [1.82, 2.24) is 0 Å². The smallest absolute Gasteiger partial charge is 0.0496 e. The van der Waals surface area contributed by atoms with Crippen LogP contribution in [0.25, 0.3) is 27.5 Å². The summed E-state index contributed by atoms with van der Waals surface area (Å²) in [6.45, 7) is 9.86. The van der Waals surface area contributed by atoms with Gasteiger partial charge in [-0.25, -0.2) is 0 Å². The molecular weight excluding hydrogens is 677 g/mol. The Morgan fingerprint density at radius 1 is 0.554 bits per heavy atom. The third-order valence-corrected chi connectivity index (χ3v) is 14.2. The Kier molecular flexibility index (Phi) is 6.57. The lowest BCUT2D eigenvalue weighted by Crippen LogP contribution is -2.30. The van der Waals surface area contributed by atoms with Crippen LogP contribution < -0.4 is 9.80 Å². The first kappa shape index (κ1) is 32.4. The van der Waals surface area contributed by atoms with Crippen molar-refractivity contribution in [3.05, 3.63) is 195 Å². The number of para-hydroxylation sites is 3. The SMILES string of the molecule is CC1(C)C2=C(CCC(N3c4ccccc4Cc4ccccc43)=C2)c2cc3c(c4cccc1c24)-c1ccc(N2C4=C(CCC=C4)Cc4ccccc42)cc1C3(C)C. The maximum absolute atomic E-state index is 2.62. The van der Waals surface area contributed by atoms with Crippen molar-refractivity contribution in [3.63, 3.8) is 0 Å². The van der Waals surface area contributed by atoms with Gasteiger partial charge >= 0.3 is 0 Å². The van der Waals surface area contributed by atoms with Gasteiger partial charge in [0, 0.05) is 51.4 Å². The van der Waals surface area contributed by atoms with Crippen LogP contribution in [-0.2, 0) is 23.7 Å². The molecule has 272 valence electrons. The minimum atomic E-state index is -0.152. The molecule has 0 N–H and O–H groups in total. The summed E-state index contributed by atoms with van der Waals surface area (Å²) in [7, 11) is 0. The van der Waals surface area contributed by atoms with Crippen LogP contribution in [0, 0.1) is 0 Å². The number of hydrogen-bond donors (Lipinski definition) is 0. The highest BCUT2D eigenvalue weighted by Gasteiger charge is 2.43. The Bertz CT molecular complexity index is 2820. The van der Waals surface area contributed by atoms with Crippen LogP contribution >= 0.6 is 0 Å². The molecule has 0 spiro atoms. The van der Waals surface area contributed by atoms with E-state index < -0.39 is 0 Å². The van der Waals surface area contributed by atoms with E-state index in [1.165, 1.54) is 106 Å². The minimum absolute atomic E-state index is 0.141.